The molecule has 106 valence electrons. The molecule has 1 saturated heterocycles. The van der Waals surface area contributed by atoms with Crippen molar-refractivity contribution in [2.45, 2.75) is 18.1 Å². The fourth-order valence-electron chi connectivity index (χ4n) is 2.32. The van der Waals surface area contributed by atoms with Crippen LogP contribution in [0.25, 0.3) is 0 Å². The minimum absolute atomic E-state index is 0.365. The molecule has 1 aromatic carbocycles. The lowest BCUT2D eigenvalue weighted by Crippen LogP contribution is -2.45. The van der Waals surface area contributed by atoms with Gasteiger partial charge in [0.05, 0.1) is 18.0 Å². The second kappa shape index (κ2) is 5.79. The van der Waals surface area contributed by atoms with Gasteiger partial charge in [-0.3, -0.25) is 4.31 Å². The van der Waals surface area contributed by atoms with Crippen molar-refractivity contribution in [1.82, 2.24) is 5.32 Å². The summed E-state index contributed by atoms with van der Waals surface area (Å²) < 4.78 is 31.7. The van der Waals surface area contributed by atoms with Gasteiger partial charge in [0, 0.05) is 13.6 Å². The van der Waals surface area contributed by atoms with Crippen molar-refractivity contribution in [3.63, 3.8) is 0 Å². The molecular weight excluding hydrogens is 264 g/mol. The van der Waals surface area contributed by atoms with E-state index in [1.54, 1.807) is 26.3 Å². The Balaban J connectivity index is 2.29. The molecule has 1 atom stereocenters. The van der Waals surface area contributed by atoms with Crippen molar-refractivity contribution in [1.29, 1.82) is 0 Å². The third kappa shape index (κ3) is 2.84. The summed E-state index contributed by atoms with van der Waals surface area (Å²) in [7, 11) is -0.229. The van der Waals surface area contributed by atoms with E-state index in [0.717, 1.165) is 13.0 Å². The lowest BCUT2D eigenvalue weighted by Gasteiger charge is -2.29. The molecule has 0 radical (unpaired) electrons. The molecule has 6 heteroatoms. The number of nitrogens with one attached hydrogen (secondary N) is 1. The highest BCUT2D eigenvalue weighted by Crippen LogP contribution is 2.30. The lowest BCUT2D eigenvalue weighted by atomic mass is 10.2. The molecule has 0 aliphatic carbocycles. The zero-order chi connectivity index (χ0) is 13.9. The first kappa shape index (κ1) is 14.1. The highest BCUT2D eigenvalue weighted by atomic mass is 32.2. The van der Waals surface area contributed by atoms with Gasteiger partial charge in [0.1, 0.15) is 5.75 Å². The standard InChI is InChI=1S/C13H20N2O3S/c1-15(12-7-3-4-8-13(12)18-2)19(16,17)11-6-5-9-14-10-11/h3-4,7-8,11,14H,5-6,9-10H2,1-2H3. The Morgan fingerprint density at radius 2 is 2.11 bits per heavy atom. The predicted octanol–water partition coefficient (Wildman–Crippen LogP) is 1.21. The summed E-state index contributed by atoms with van der Waals surface area (Å²) in [6.45, 7) is 1.41. The van der Waals surface area contributed by atoms with Crippen LogP contribution in [0.3, 0.4) is 0 Å². The van der Waals surface area contributed by atoms with Crippen molar-refractivity contribution in [2.75, 3.05) is 31.6 Å². The maximum absolute atomic E-state index is 12.6. The summed E-state index contributed by atoms with van der Waals surface area (Å²) >= 11 is 0. The van der Waals surface area contributed by atoms with Gasteiger partial charge in [0.2, 0.25) is 10.0 Å². The van der Waals surface area contributed by atoms with Crippen LogP contribution in [0.5, 0.6) is 5.75 Å². The van der Waals surface area contributed by atoms with Crippen LogP contribution in [-0.2, 0) is 10.0 Å². The number of nitrogens with zero attached hydrogens (tertiary/aromatic N) is 1. The molecule has 1 unspecified atom stereocenters. The number of para-hydroxylation sites is 2. The van der Waals surface area contributed by atoms with Gasteiger partial charge in [0.25, 0.3) is 0 Å². The zero-order valence-corrected chi connectivity index (χ0v) is 12.1. The van der Waals surface area contributed by atoms with Gasteiger partial charge in [-0.15, -0.1) is 0 Å². The first-order chi connectivity index (χ1) is 9.07. The summed E-state index contributed by atoms with van der Waals surface area (Å²) in [5.41, 5.74) is 0.579. The fourth-order valence-corrected chi connectivity index (χ4v) is 3.99. The molecule has 0 aromatic heterocycles. The maximum atomic E-state index is 12.6. The fraction of sp³-hybridized carbons (Fsp3) is 0.538. The van der Waals surface area contributed by atoms with E-state index in [0.29, 0.717) is 24.4 Å². The number of methoxy groups -OCH3 is 1. The Bertz CT molecular complexity index is 524. The molecule has 1 aliphatic heterocycles. The third-order valence-electron chi connectivity index (χ3n) is 3.48. The SMILES string of the molecule is COc1ccccc1N(C)S(=O)(=O)C1CCCNC1. The molecule has 0 spiro atoms. The molecule has 2 rings (SSSR count). The summed E-state index contributed by atoms with van der Waals surface area (Å²) in [6.07, 6.45) is 1.60. The van der Waals surface area contributed by atoms with Crippen LogP contribution in [-0.4, -0.2) is 40.9 Å². The number of rotatable bonds is 4. The van der Waals surface area contributed by atoms with E-state index in [1.165, 1.54) is 4.31 Å². The summed E-state index contributed by atoms with van der Waals surface area (Å²) in [5.74, 6) is 0.567. The van der Waals surface area contributed by atoms with Crippen molar-refractivity contribution in [3.05, 3.63) is 24.3 Å². The molecule has 0 saturated carbocycles. The number of ether oxygens (including phenoxy) is 1. The summed E-state index contributed by atoms with van der Waals surface area (Å²) in [4.78, 5) is 0. The Kier molecular flexibility index (Phi) is 4.31. The summed E-state index contributed by atoms with van der Waals surface area (Å²) in [5, 5.41) is 2.77. The van der Waals surface area contributed by atoms with Crippen LogP contribution in [0.2, 0.25) is 0 Å². The maximum Gasteiger partial charge on any atom is 0.239 e. The van der Waals surface area contributed by atoms with E-state index in [-0.39, 0.29) is 5.25 Å². The number of sulfonamides is 1. The van der Waals surface area contributed by atoms with Gasteiger partial charge in [-0.2, -0.15) is 0 Å². The number of anilines is 1. The third-order valence-corrected chi connectivity index (χ3v) is 5.68. The predicted molar refractivity (Wildman–Crippen MR) is 76.2 cm³/mol. The quantitative estimate of drug-likeness (QED) is 0.903. The van der Waals surface area contributed by atoms with E-state index >= 15 is 0 Å². The molecule has 1 heterocycles. The average Bonchev–Trinajstić information content (AvgIpc) is 2.47. The van der Waals surface area contributed by atoms with Gasteiger partial charge in [-0.05, 0) is 31.5 Å². The summed E-state index contributed by atoms with van der Waals surface area (Å²) in [6, 6.07) is 7.15. The zero-order valence-electron chi connectivity index (χ0n) is 11.3. The van der Waals surface area contributed by atoms with Crippen molar-refractivity contribution < 1.29 is 13.2 Å². The van der Waals surface area contributed by atoms with Gasteiger partial charge >= 0.3 is 0 Å². The van der Waals surface area contributed by atoms with Gasteiger partial charge in [0.15, 0.2) is 0 Å². The van der Waals surface area contributed by atoms with E-state index in [9.17, 15) is 8.42 Å². The lowest BCUT2D eigenvalue weighted by molar-refractivity contribution is 0.415. The molecular formula is C13H20N2O3S. The number of benzene rings is 1. The van der Waals surface area contributed by atoms with Crippen LogP contribution >= 0.6 is 0 Å². The van der Waals surface area contributed by atoms with E-state index in [1.807, 2.05) is 12.1 Å². The Hall–Kier alpha value is -1.27. The number of piperidine rings is 1. The Morgan fingerprint density at radius 1 is 1.37 bits per heavy atom. The second-order valence-corrected chi connectivity index (χ2v) is 6.90. The monoisotopic (exact) mass is 284 g/mol. The Labute approximate surface area is 114 Å². The van der Waals surface area contributed by atoms with E-state index < -0.39 is 10.0 Å². The average molecular weight is 284 g/mol. The highest BCUT2D eigenvalue weighted by molar-refractivity contribution is 7.93. The Morgan fingerprint density at radius 3 is 2.74 bits per heavy atom. The first-order valence-corrected chi connectivity index (χ1v) is 7.89. The molecule has 0 amide bonds. The largest absolute Gasteiger partial charge is 0.495 e. The smallest absolute Gasteiger partial charge is 0.239 e. The van der Waals surface area contributed by atoms with Gasteiger partial charge in [-0.1, -0.05) is 12.1 Å². The van der Waals surface area contributed by atoms with Crippen LogP contribution in [0.4, 0.5) is 5.69 Å². The topological polar surface area (TPSA) is 58.6 Å². The van der Waals surface area contributed by atoms with Crippen LogP contribution in [0.15, 0.2) is 24.3 Å². The van der Waals surface area contributed by atoms with E-state index in [4.69, 9.17) is 4.74 Å². The highest BCUT2D eigenvalue weighted by Gasteiger charge is 2.32. The molecule has 19 heavy (non-hydrogen) atoms. The first-order valence-electron chi connectivity index (χ1n) is 6.39. The molecule has 0 bridgehead atoms. The minimum Gasteiger partial charge on any atom is -0.495 e. The van der Waals surface area contributed by atoms with Gasteiger partial charge in [-0.25, -0.2) is 8.42 Å². The van der Waals surface area contributed by atoms with Crippen molar-refractivity contribution in [2.24, 2.45) is 0 Å². The normalized spacial score (nSPS) is 20.0. The molecule has 1 fully saturated rings. The molecule has 5 nitrogen and oxygen atoms in total. The minimum atomic E-state index is -3.36. The van der Waals surface area contributed by atoms with Crippen LogP contribution < -0.4 is 14.4 Å². The molecule has 1 aromatic rings. The van der Waals surface area contributed by atoms with Crippen molar-refractivity contribution >= 4 is 15.7 Å². The van der Waals surface area contributed by atoms with Gasteiger partial charge < -0.3 is 10.1 Å². The van der Waals surface area contributed by atoms with Crippen molar-refractivity contribution in [3.8, 4) is 5.75 Å². The molecule has 1 aliphatic rings. The number of hydrogen-bond donors (Lipinski definition) is 1. The molecule has 1 N–H and O–H groups in total. The second-order valence-electron chi connectivity index (χ2n) is 4.65. The van der Waals surface area contributed by atoms with E-state index in [2.05, 4.69) is 5.32 Å². The van der Waals surface area contributed by atoms with Crippen LogP contribution in [0, 0.1) is 0 Å². The van der Waals surface area contributed by atoms with Crippen LogP contribution in [0.1, 0.15) is 12.8 Å². The number of hydrogen-bond acceptors (Lipinski definition) is 4.